The molecule has 0 amide bonds. The number of carbonyl (C=O) groups is 2. The van der Waals surface area contributed by atoms with Crippen molar-refractivity contribution in [2.75, 3.05) is 39.5 Å². The van der Waals surface area contributed by atoms with Gasteiger partial charge in [-0.05, 0) is 107 Å². The van der Waals surface area contributed by atoms with Crippen molar-refractivity contribution in [1.82, 2.24) is 4.90 Å². The first-order valence-electron chi connectivity index (χ1n) is 19.6. The second-order valence-electron chi connectivity index (χ2n) is 15.6. The van der Waals surface area contributed by atoms with Gasteiger partial charge in [-0.3, -0.25) is 9.59 Å². The number of hydrogen-bond acceptors (Lipinski definition) is 6. The van der Waals surface area contributed by atoms with E-state index in [1.807, 2.05) is 0 Å². The largest absolute Gasteiger partial charge is 0.465 e. The van der Waals surface area contributed by atoms with Crippen molar-refractivity contribution in [2.24, 2.45) is 35.5 Å². The summed E-state index contributed by atoms with van der Waals surface area (Å²) in [6.07, 6.45) is 18.8. The molecule has 0 saturated carbocycles. The lowest BCUT2D eigenvalue weighted by Gasteiger charge is -2.22. The van der Waals surface area contributed by atoms with Crippen molar-refractivity contribution in [2.45, 2.75) is 171 Å². The van der Waals surface area contributed by atoms with Crippen LogP contribution in [0.3, 0.4) is 0 Å². The first-order chi connectivity index (χ1) is 22.0. The van der Waals surface area contributed by atoms with E-state index in [0.29, 0.717) is 61.6 Å². The molecule has 0 spiro atoms. The smallest absolute Gasteiger partial charge is 0.305 e. The lowest BCUT2D eigenvalue weighted by molar-refractivity contribution is -0.146. The zero-order chi connectivity index (χ0) is 34.6. The predicted molar refractivity (Wildman–Crippen MR) is 195 cm³/mol. The standard InChI is InChI=1S/C40H79NO5/c1-33(2)23-25-37(35(5)6)31-45-39(43)21-15-11-9-13-17-27-41(29-19-20-30-42)28-18-14-10-12-16-22-40(44)46-32-38(36(7)8)26-24-34(3)4/h33-38,42H,9-32H2,1-8H3. The third-order valence-electron chi connectivity index (χ3n) is 9.62. The molecule has 0 aliphatic carbocycles. The van der Waals surface area contributed by atoms with Crippen LogP contribution in [-0.4, -0.2) is 61.4 Å². The molecule has 2 atom stereocenters. The molecule has 6 nitrogen and oxygen atoms in total. The Morgan fingerprint density at radius 2 is 0.848 bits per heavy atom. The molecule has 1 N–H and O–H groups in total. The number of rotatable bonds is 32. The molecule has 0 radical (unpaired) electrons. The van der Waals surface area contributed by atoms with Crippen LogP contribution < -0.4 is 0 Å². The molecule has 0 aliphatic rings. The predicted octanol–water partition coefficient (Wildman–Crippen LogP) is 10.2. The number of unbranched alkanes of at least 4 members (excludes halogenated alkanes) is 9. The molecule has 2 unspecified atom stereocenters. The minimum atomic E-state index is -0.0301. The molecule has 0 rings (SSSR count). The van der Waals surface area contributed by atoms with Crippen LogP contribution >= 0.6 is 0 Å². The molecular weight excluding hydrogens is 574 g/mol. The Morgan fingerprint density at radius 3 is 1.20 bits per heavy atom. The Balaban J connectivity index is 4.05. The van der Waals surface area contributed by atoms with Crippen LogP contribution in [0.4, 0.5) is 0 Å². The maximum atomic E-state index is 12.3. The minimum Gasteiger partial charge on any atom is -0.465 e. The maximum Gasteiger partial charge on any atom is 0.305 e. The maximum absolute atomic E-state index is 12.3. The van der Waals surface area contributed by atoms with E-state index in [0.717, 1.165) is 71.0 Å². The van der Waals surface area contributed by atoms with Gasteiger partial charge in [-0.25, -0.2) is 0 Å². The summed E-state index contributed by atoms with van der Waals surface area (Å²) in [4.78, 5) is 27.1. The van der Waals surface area contributed by atoms with Crippen molar-refractivity contribution in [1.29, 1.82) is 0 Å². The molecule has 6 heteroatoms. The van der Waals surface area contributed by atoms with Gasteiger partial charge in [0.15, 0.2) is 0 Å². The Hall–Kier alpha value is -1.14. The van der Waals surface area contributed by atoms with E-state index >= 15 is 0 Å². The summed E-state index contributed by atoms with van der Waals surface area (Å²) in [6.45, 7) is 22.6. The van der Waals surface area contributed by atoms with Gasteiger partial charge in [-0.15, -0.1) is 0 Å². The van der Waals surface area contributed by atoms with Crippen molar-refractivity contribution < 1.29 is 24.2 Å². The quantitative estimate of drug-likeness (QED) is 0.0575. The van der Waals surface area contributed by atoms with Crippen LogP contribution in [0.2, 0.25) is 0 Å². The first kappa shape index (κ1) is 44.9. The van der Waals surface area contributed by atoms with Crippen molar-refractivity contribution in [3.63, 3.8) is 0 Å². The van der Waals surface area contributed by atoms with Gasteiger partial charge in [0.2, 0.25) is 0 Å². The van der Waals surface area contributed by atoms with E-state index in [2.05, 4.69) is 60.3 Å². The topological polar surface area (TPSA) is 76.1 Å². The molecule has 0 bridgehead atoms. The molecule has 0 saturated heterocycles. The average molecular weight is 654 g/mol. The fourth-order valence-electron chi connectivity index (χ4n) is 5.91. The summed E-state index contributed by atoms with van der Waals surface area (Å²) in [6, 6.07) is 0. The number of hydrogen-bond donors (Lipinski definition) is 1. The van der Waals surface area contributed by atoms with Crippen LogP contribution in [0.5, 0.6) is 0 Å². The van der Waals surface area contributed by atoms with Gasteiger partial charge in [0, 0.05) is 19.4 Å². The fourth-order valence-corrected chi connectivity index (χ4v) is 5.91. The van der Waals surface area contributed by atoms with Crippen LogP contribution in [0, 0.1) is 35.5 Å². The normalized spacial score (nSPS) is 13.3. The highest BCUT2D eigenvalue weighted by Gasteiger charge is 2.18. The van der Waals surface area contributed by atoms with Gasteiger partial charge in [-0.1, -0.05) is 107 Å². The Kier molecular flexibility index (Phi) is 29.2. The van der Waals surface area contributed by atoms with Crippen LogP contribution in [-0.2, 0) is 19.1 Å². The number of aliphatic hydroxyl groups excluding tert-OH is 1. The van der Waals surface area contributed by atoms with Gasteiger partial charge in [0.25, 0.3) is 0 Å². The number of ether oxygens (including phenoxy) is 2. The fraction of sp³-hybridized carbons (Fsp3) is 0.950. The Bertz CT molecular complexity index is 654. The van der Waals surface area contributed by atoms with Crippen LogP contribution in [0.25, 0.3) is 0 Å². The molecule has 0 aromatic heterocycles. The third-order valence-corrected chi connectivity index (χ3v) is 9.62. The molecule has 46 heavy (non-hydrogen) atoms. The zero-order valence-electron chi connectivity index (χ0n) is 32.0. The van der Waals surface area contributed by atoms with Crippen molar-refractivity contribution >= 4 is 11.9 Å². The average Bonchev–Trinajstić information content (AvgIpc) is 2.99. The molecular formula is C40H79NO5. The Labute approximate surface area is 286 Å². The molecule has 0 aromatic rings. The summed E-state index contributed by atoms with van der Waals surface area (Å²) in [5, 5.41) is 9.22. The molecule has 274 valence electrons. The lowest BCUT2D eigenvalue weighted by atomic mass is 9.89. The van der Waals surface area contributed by atoms with E-state index < -0.39 is 0 Å². The van der Waals surface area contributed by atoms with Gasteiger partial charge < -0.3 is 19.5 Å². The molecule has 0 aromatic carbocycles. The Morgan fingerprint density at radius 1 is 0.500 bits per heavy atom. The summed E-state index contributed by atoms with van der Waals surface area (Å²) in [7, 11) is 0. The van der Waals surface area contributed by atoms with Gasteiger partial charge in [0.05, 0.1) is 13.2 Å². The van der Waals surface area contributed by atoms with Gasteiger partial charge in [0.1, 0.15) is 0 Å². The van der Waals surface area contributed by atoms with E-state index in [4.69, 9.17) is 9.47 Å². The number of esters is 2. The van der Waals surface area contributed by atoms with Crippen LogP contribution in [0.15, 0.2) is 0 Å². The SMILES string of the molecule is CC(C)CCC(COC(=O)CCCCCCCN(CCCCO)CCCCCCCC(=O)OCC(CCC(C)C)C(C)C)C(C)C. The number of nitrogens with zero attached hydrogens (tertiary/aromatic N) is 1. The molecule has 0 heterocycles. The summed E-state index contributed by atoms with van der Waals surface area (Å²) < 4.78 is 11.3. The summed E-state index contributed by atoms with van der Waals surface area (Å²) in [5.74, 6) is 3.35. The monoisotopic (exact) mass is 654 g/mol. The van der Waals surface area contributed by atoms with Gasteiger partial charge in [-0.2, -0.15) is 0 Å². The third kappa shape index (κ3) is 27.9. The van der Waals surface area contributed by atoms with E-state index in [1.165, 1.54) is 51.4 Å². The number of carbonyl (C=O) groups excluding carboxylic acids is 2. The second-order valence-corrected chi connectivity index (χ2v) is 15.6. The van der Waals surface area contributed by atoms with Crippen molar-refractivity contribution in [3.05, 3.63) is 0 Å². The lowest BCUT2D eigenvalue weighted by Crippen LogP contribution is -2.27. The highest BCUT2D eigenvalue weighted by molar-refractivity contribution is 5.69. The summed E-state index contributed by atoms with van der Waals surface area (Å²) in [5.41, 5.74) is 0. The highest BCUT2D eigenvalue weighted by atomic mass is 16.5. The zero-order valence-corrected chi connectivity index (χ0v) is 32.0. The van der Waals surface area contributed by atoms with E-state index in [-0.39, 0.29) is 18.5 Å². The van der Waals surface area contributed by atoms with Gasteiger partial charge >= 0.3 is 11.9 Å². The van der Waals surface area contributed by atoms with E-state index in [1.54, 1.807) is 0 Å². The van der Waals surface area contributed by atoms with E-state index in [9.17, 15) is 14.7 Å². The summed E-state index contributed by atoms with van der Waals surface area (Å²) >= 11 is 0. The second kappa shape index (κ2) is 30.0. The van der Waals surface area contributed by atoms with Crippen LogP contribution in [0.1, 0.15) is 171 Å². The molecule has 0 fully saturated rings. The first-order valence-corrected chi connectivity index (χ1v) is 19.6. The highest BCUT2D eigenvalue weighted by Crippen LogP contribution is 2.22. The minimum absolute atomic E-state index is 0.0301. The van der Waals surface area contributed by atoms with Crippen molar-refractivity contribution in [3.8, 4) is 0 Å². The molecule has 0 aliphatic heterocycles. The number of aliphatic hydroxyl groups is 1.